The topological polar surface area (TPSA) is 93.5 Å². The molecule has 0 unspecified atom stereocenters. The van der Waals surface area contributed by atoms with Crippen LogP contribution in [0.3, 0.4) is 0 Å². The summed E-state index contributed by atoms with van der Waals surface area (Å²) in [5.41, 5.74) is 0.859. The Labute approximate surface area is 171 Å². The Kier molecular flexibility index (Phi) is 5.51. The first kappa shape index (κ1) is 20.1. The summed E-state index contributed by atoms with van der Waals surface area (Å²) in [6.45, 7) is 3.04. The van der Waals surface area contributed by atoms with E-state index in [2.05, 4.69) is 17.6 Å². The summed E-state index contributed by atoms with van der Waals surface area (Å²) in [4.78, 5) is 24.0. The molecule has 4 fully saturated rings. The zero-order valence-corrected chi connectivity index (χ0v) is 17.3. The molecule has 0 heterocycles. The third-order valence-electron chi connectivity index (χ3n) is 7.43. The van der Waals surface area contributed by atoms with Crippen molar-refractivity contribution >= 4 is 17.3 Å². The Morgan fingerprint density at radius 1 is 1.24 bits per heavy atom. The normalized spacial score (nSPS) is 30.8. The van der Waals surface area contributed by atoms with Crippen LogP contribution in [0.5, 0.6) is 0 Å². The number of rotatable bonds is 8. The average molecular weight is 402 g/mol. The molecule has 0 aromatic heterocycles. The van der Waals surface area contributed by atoms with Gasteiger partial charge in [-0.1, -0.05) is 0 Å². The zero-order valence-electron chi connectivity index (χ0n) is 17.3. The van der Waals surface area contributed by atoms with Crippen molar-refractivity contribution in [2.75, 3.05) is 25.6 Å². The molecule has 5 rings (SSSR count). The first-order chi connectivity index (χ1) is 13.9. The third kappa shape index (κ3) is 3.97. The molecule has 1 atom stereocenters. The molecule has 4 saturated carbocycles. The van der Waals surface area contributed by atoms with Crippen LogP contribution in [0.2, 0.25) is 0 Å². The Morgan fingerprint density at radius 2 is 1.86 bits per heavy atom. The Hall–Kier alpha value is -2.15. The quantitative estimate of drug-likeness (QED) is 0.390. The van der Waals surface area contributed by atoms with E-state index in [1.54, 1.807) is 19.2 Å². The first-order valence-electron chi connectivity index (χ1n) is 10.7. The highest BCUT2D eigenvalue weighted by Crippen LogP contribution is 2.61. The summed E-state index contributed by atoms with van der Waals surface area (Å²) in [5, 5.41) is 17.7. The highest BCUT2D eigenvalue weighted by Gasteiger charge is 2.53. The molecule has 0 spiro atoms. The van der Waals surface area contributed by atoms with Gasteiger partial charge in [-0.15, -0.1) is 0 Å². The van der Waals surface area contributed by atoms with Crippen LogP contribution in [0.4, 0.5) is 11.4 Å². The Balaban J connectivity index is 1.46. The smallest absolute Gasteiger partial charge is 0.293 e. The van der Waals surface area contributed by atoms with E-state index in [1.807, 2.05) is 0 Å². The van der Waals surface area contributed by atoms with E-state index in [1.165, 1.54) is 44.6 Å². The molecule has 4 aliphatic carbocycles. The molecule has 29 heavy (non-hydrogen) atoms. The molecule has 0 saturated heterocycles. The van der Waals surface area contributed by atoms with Crippen molar-refractivity contribution in [3.8, 4) is 0 Å². The number of nitro groups is 1. The fourth-order valence-electron chi connectivity index (χ4n) is 6.40. The van der Waals surface area contributed by atoms with Gasteiger partial charge in [-0.05, 0) is 80.8 Å². The maximum atomic E-state index is 12.9. The van der Waals surface area contributed by atoms with Gasteiger partial charge in [0, 0.05) is 31.3 Å². The van der Waals surface area contributed by atoms with Gasteiger partial charge in [0.1, 0.15) is 5.69 Å². The third-order valence-corrected chi connectivity index (χ3v) is 7.43. The lowest BCUT2D eigenvalue weighted by Gasteiger charge is -2.59. The van der Waals surface area contributed by atoms with Gasteiger partial charge >= 0.3 is 0 Å². The predicted molar refractivity (Wildman–Crippen MR) is 111 cm³/mol. The molecule has 1 aromatic carbocycles. The number of hydrogen-bond acceptors (Lipinski definition) is 5. The van der Waals surface area contributed by atoms with Crippen LogP contribution in [0.25, 0.3) is 0 Å². The van der Waals surface area contributed by atoms with Crippen molar-refractivity contribution in [1.29, 1.82) is 0 Å². The van der Waals surface area contributed by atoms with Crippen molar-refractivity contribution in [2.24, 2.45) is 23.2 Å². The summed E-state index contributed by atoms with van der Waals surface area (Å²) in [6.07, 6.45) is 7.73. The molecule has 0 radical (unpaired) electrons. The van der Waals surface area contributed by atoms with Crippen molar-refractivity contribution in [1.82, 2.24) is 5.32 Å². The number of nitrogens with one attached hydrogen (secondary N) is 2. The fourth-order valence-corrected chi connectivity index (χ4v) is 6.40. The van der Waals surface area contributed by atoms with Crippen molar-refractivity contribution in [3.63, 3.8) is 0 Å². The summed E-state index contributed by atoms with van der Waals surface area (Å²) >= 11 is 0. The summed E-state index contributed by atoms with van der Waals surface area (Å²) in [5.74, 6) is 2.23. The second kappa shape index (κ2) is 7.94. The van der Waals surface area contributed by atoms with Gasteiger partial charge in [0.25, 0.3) is 11.6 Å². The number of methoxy groups -OCH3 is 1. The SMILES string of the molecule is COCCNc1ccc(C(=O)N[C@H](C)C23CC4CC(CC(C4)C2)C3)cc1[N+](=O)[O-]. The van der Waals surface area contributed by atoms with Gasteiger partial charge in [-0.3, -0.25) is 14.9 Å². The minimum atomic E-state index is -0.450. The van der Waals surface area contributed by atoms with Gasteiger partial charge in [-0.2, -0.15) is 0 Å². The highest BCUT2D eigenvalue weighted by atomic mass is 16.6. The number of carbonyl (C=O) groups is 1. The predicted octanol–water partition coefficient (Wildman–Crippen LogP) is 3.99. The molecule has 1 amide bonds. The second-order valence-electron chi connectivity index (χ2n) is 9.38. The molecule has 158 valence electrons. The lowest BCUT2D eigenvalue weighted by atomic mass is 9.48. The van der Waals surface area contributed by atoms with Crippen LogP contribution in [0, 0.1) is 33.3 Å². The second-order valence-corrected chi connectivity index (χ2v) is 9.38. The summed E-state index contributed by atoms with van der Waals surface area (Å²) in [7, 11) is 1.58. The Bertz CT molecular complexity index is 759. The van der Waals surface area contributed by atoms with E-state index in [9.17, 15) is 14.9 Å². The molecule has 0 aliphatic heterocycles. The number of benzene rings is 1. The maximum Gasteiger partial charge on any atom is 0.293 e. The zero-order chi connectivity index (χ0) is 20.6. The first-order valence-corrected chi connectivity index (χ1v) is 10.7. The number of carbonyl (C=O) groups excluding carboxylic acids is 1. The van der Waals surface area contributed by atoms with Gasteiger partial charge < -0.3 is 15.4 Å². The summed E-state index contributed by atoms with van der Waals surface area (Å²) in [6, 6.07) is 4.72. The number of ether oxygens (including phenoxy) is 1. The number of nitrogens with zero attached hydrogens (tertiary/aromatic N) is 1. The van der Waals surface area contributed by atoms with Gasteiger partial charge in [0.15, 0.2) is 0 Å². The molecule has 7 nitrogen and oxygen atoms in total. The Morgan fingerprint density at radius 3 is 2.41 bits per heavy atom. The van der Waals surface area contributed by atoms with E-state index < -0.39 is 4.92 Å². The molecule has 7 heteroatoms. The van der Waals surface area contributed by atoms with Crippen molar-refractivity contribution in [3.05, 3.63) is 33.9 Å². The number of hydrogen-bond donors (Lipinski definition) is 2. The number of amides is 1. The lowest BCUT2D eigenvalue weighted by molar-refractivity contribution is -0.384. The standard InChI is InChI=1S/C22H31N3O4/c1-14(22-11-15-7-16(12-22)9-17(8-15)13-22)24-21(26)18-3-4-19(23-5-6-29-2)20(10-18)25(27)28/h3-4,10,14-17,23H,5-9,11-13H2,1-2H3,(H,24,26)/t14-,15?,16?,17?,22?/m1/s1. The minimum absolute atomic E-state index is 0.0851. The molecular weight excluding hydrogens is 370 g/mol. The van der Waals surface area contributed by atoms with Crippen LogP contribution in [-0.2, 0) is 4.74 Å². The maximum absolute atomic E-state index is 12.9. The number of nitro benzene ring substituents is 1. The molecule has 4 bridgehead atoms. The van der Waals surface area contributed by atoms with Crippen LogP contribution in [-0.4, -0.2) is 37.1 Å². The lowest BCUT2D eigenvalue weighted by Crippen LogP contribution is -2.55. The summed E-state index contributed by atoms with van der Waals surface area (Å²) < 4.78 is 4.97. The molecule has 4 aliphatic rings. The van der Waals surface area contributed by atoms with Crippen LogP contribution >= 0.6 is 0 Å². The van der Waals surface area contributed by atoms with Gasteiger partial charge in [-0.25, -0.2) is 0 Å². The van der Waals surface area contributed by atoms with E-state index in [-0.39, 0.29) is 23.1 Å². The average Bonchev–Trinajstić information content (AvgIpc) is 2.67. The number of anilines is 1. The highest BCUT2D eigenvalue weighted by molar-refractivity contribution is 5.96. The molecular formula is C22H31N3O4. The van der Waals surface area contributed by atoms with Gasteiger partial charge in [0.2, 0.25) is 0 Å². The van der Waals surface area contributed by atoms with Crippen LogP contribution in [0.1, 0.15) is 55.8 Å². The largest absolute Gasteiger partial charge is 0.383 e. The van der Waals surface area contributed by atoms with Gasteiger partial charge in [0.05, 0.1) is 11.5 Å². The van der Waals surface area contributed by atoms with E-state index in [0.717, 1.165) is 17.8 Å². The molecule has 2 N–H and O–H groups in total. The van der Waals surface area contributed by atoms with Crippen LogP contribution in [0.15, 0.2) is 18.2 Å². The minimum Gasteiger partial charge on any atom is -0.383 e. The van der Waals surface area contributed by atoms with Crippen LogP contribution < -0.4 is 10.6 Å². The monoisotopic (exact) mass is 401 g/mol. The molecule has 1 aromatic rings. The fraction of sp³-hybridized carbons (Fsp3) is 0.682. The van der Waals surface area contributed by atoms with E-state index in [4.69, 9.17) is 4.74 Å². The van der Waals surface area contributed by atoms with E-state index in [0.29, 0.717) is 24.4 Å². The van der Waals surface area contributed by atoms with Crippen molar-refractivity contribution < 1.29 is 14.5 Å². The van der Waals surface area contributed by atoms with E-state index >= 15 is 0 Å². The van der Waals surface area contributed by atoms with Crippen molar-refractivity contribution in [2.45, 2.75) is 51.5 Å².